The highest BCUT2D eigenvalue weighted by Crippen LogP contribution is 2.30. The van der Waals surface area contributed by atoms with Crippen molar-refractivity contribution in [1.29, 1.82) is 0 Å². The molecule has 0 aromatic heterocycles. The molecule has 9 nitrogen and oxygen atoms in total. The average Bonchev–Trinajstić information content (AvgIpc) is 2.38. The second-order valence-corrected chi connectivity index (χ2v) is 4.47. The minimum absolute atomic E-state index is 0.0884. The van der Waals surface area contributed by atoms with Crippen LogP contribution in [0, 0.1) is 20.2 Å². The number of para-hydroxylation sites is 1. The second-order valence-electron chi connectivity index (χ2n) is 4.47. The van der Waals surface area contributed by atoms with Crippen LogP contribution >= 0.6 is 0 Å². The van der Waals surface area contributed by atoms with Crippen molar-refractivity contribution in [3.8, 4) is 5.75 Å². The van der Waals surface area contributed by atoms with Crippen molar-refractivity contribution in [2.24, 2.45) is 11.5 Å². The van der Waals surface area contributed by atoms with E-state index >= 15 is 0 Å². The van der Waals surface area contributed by atoms with Crippen LogP contribution in [-0.4, -0.2) is 21.2 Å². The third-order valence-corrected chi connectivity index (χ3v) is 3.03. The topological polar surface area (TPSA) is 148 Å². The molecule has 0 unspecified atom stereocenters. The van der Waals surface area contributed by atoms with Gasteiger partial charge in [-0.1, -0.05) is 18.2 Å². The minimum atomic E-state index is -2.84. The van der Waals surface area contributed by atoms with Crippen molar-refractivity contribution in [3.05, 3.63) is 74.5 Å². The highest BCUT2D eigenvalue weighted by atomic mass is 16.7. The lowest BCUT2D eigenvalue weighted by Gasteiger charge is -2.29. The Hall–Kier alpha value is -2.78. The lowest BCUT2D eigenvalue weighted by atomic mass is 9.90. The van der Waals surface area contributed by atoms with Gasteiger partial charge in [-0.15, -0.1) is 0 Å². The molecule has 0 atom stereocenters. The zero-order chi connectivity index (χ0) is 15.7. The van der Waals surface area contributed by atoms with Gasteiger partial charge in [-0.25, -0.2) is 0 Å². The van der Waals surface area contributed by atoms with Crippen LogP contribution in [0.15, 0.2) is 54.3 Å². The molecule has 1 aliphatic carbocycles. The first kappa shape index (κ1) is 14.6. The van der Waals surface area contributed by atoms with Crippen LogP contribution in [0.5, 0.6) is 5.75 Å². The van der Waals surface area contributed by atoms with E-state index in [2.05, 4.69) is 0 Å². The molecular formula is C12H12N4O5. The number of ether oxygens (including phenoxy) is 1. The third-order valence-electron chi connectivity index (χ3n) is 3.03. The molecule has 0 aliphatic heterocycles. The Morgan fingerprint density at radius 3 is 2.10 bits per heavy atom. The summed E-state index contributed by atoms with van der Waals surface area (Å²) in [7, 11) is 0. The maximum atomic E-state index is 11.1. The monoisotopic (exact) mass is 292 g/mol. The Balaban J connectivity index is 2.37. The van der Waals surface area contributed by atoms with Crippen LogP contribution in [0.1, 0.15) is 0 Å². The molecule has 1 aromatic rings. The van der Waals surface area contributed by atoms with Crippen molar-refractivity contribution in [2.75, 3.05) is 0 Å². The van der Waals surface area contributed by atoms with Gasteiger partial charge < -0.3 is 4.74 Å². The smallest absolute Gasteiger partial charge is 0.458 e. The lowest BCUT2D eigenvalue weighted by Crippen LogP contribution is -2.72. The van der Waals surface area contributed by atoms with E-state index in [9.17, 15) is 20.2 Å². The summed E-state index contributed by atoms with van der Waals surface area (Å²) in [5, 5.41) is 22.2. The van der Waals surface area contributed by atoms with E-state index in [4.69, 9.17) is 16.2 Å². The van der Waals surface area contributed by atoms with Gasteiger partial charge in [-0.05, 0) is 18.2 Å². The SMILES string of the molecule is NC1(N)C=C(Oc2ccccc2)C=CC1([N+](=O)[O-])[N+](=O)[O-]. The van der Waals surface area contributed by atoms with Crippen LogP contribution in [-0.2, 0) is 0 Å². The third kappa shape index (κ3) is 2.35. The van der Waals surface area contributed by atoms with E-state index in [1.54, 1.807) is 30.3 Å². The van der Waals surface area contributed by atoms with Crippen LogP contribution in [0.4, 0.5) is 0 Å². The predicted octanol–water partition coefficient (Wildman–Crippen LogP) is 0.382. The van der Waals surface area contributed by atoms with Crippen molar-refractivity contribution < 1.29 is 14.6 Å². The molecule has 110 valence electrons. The lowest BCUT2D eigenvalue weighted by molar-refractivity contribution is -0.789. The van der Waals surface area contributed by atoms with E-state index in [1.807, 2.05) is 0 Å². The number of hydrogen-bond donors (Lipinski definition) is 2. The first-order valence-corrected chi connectivity index (χ1v) is 5.81. The predicted molar refractivity (Wildman–Crippen MR) is 72.1 cm³/mol. The molecule has 0 saturated heterocycles. The molecule has 0 heterocycles. The van der Waals surface area contributed by atoms with Gasteiger partial charge in [-0.3, -0.25) is 31.7 Å². The largest absolute Gasteiger partial charge is 0.511 e. The van der Waals surface area contributed by atoms with Crippen molar-refractivity contribution >= 4 is 0 Å². The molecule has 21 heavy (non-hydrogen) atoms. The van der Waals surface area contributed by atoms with Gasteiger partial charge in [0.25, 0.3) is 0 Å². The molecule has 1 aromatic carbocycles. The van der Waals surface area contributed by atoms with Gasteiger partial charge in [-0.2, -0.15) is 0 Å². The molecular weight excluding hydrogens is 280 g/mol. The fourth-order valence-electron chi connectivity index (χ4n) is 1.93. The summed E-state index contributed by atoms with van der Waals surface area (Å²) < 4.78 is 5.41. The number of nitrogens with two attached hydrogens (primary N) is 2. The molecule has 4 N–H and O–H groups in total. The van der Waals surface area contributed by atoms with Gasteiger partial charge in [0.1, 0.15) is 21.4 Å². The van der Waals surface area contributed by atoms with Gasteiger partial charge in [0.05, 0.1) is 6.08 Å². The number of rotatable bonds is 4. The quantitative estimate of drug-likeness (QED) is 0.463. The Morgan fingerprint density at radius 2 is 1.62 bits per heavy atom. The zero-order valence-corrected chi connectivity index (χ0v) is 10.7. The van der Waals surface area contributed by atoms with Crippen molar-refractivity contribution in [1.82, 2.24) is 0 Å². The zero-order valence-electron chi connectivity index (χ0n) is 10.7. The minimum Gasteiger partial charge on any atom is -0.458 e. The molecule has 0 saturated carbocycles. The van der Waals surface area contributed by atoms with Gasteiger partial charge in [0.2, 0.25) is 5.66 Å². The second kappa shape index (κ2) is 4.96. The Bertz CT molecular complexity index is 624. The maximum Gasteiger partial charge on any atom is 0.511 e. The highest BCUT2D eigenvalue weighted by Gasteiger charge is 2.68. The summed E-state index contributed by atoms with van der Waals surface area (Å²) in [5.41, 5.74) is 6.01. The van der Waals surface area contributed by atoms with Crippen LogP contribution in [0.25, 0.3) is 0 Å². The van der Waals surface area contributed by atoms with Gasteiger partial charge in [0, 0.05) is 6.08 Å². The molecule has 0 radical (unpaired) electrons. The summed E-state index contributed by atoms with van der Waals surface area (Å²) in [6.45, 7) is 0. The van der Waals surface area contributed by atoms with E-state index in [0.717, 1.165) is 18.2 Å². The molecule has 0 fully saturated rings. The summed E-state index contributed by atoms with van der Waals surface area (Å²) in [6.07, 6.45) is 2.80. The maximum absolute atomic E-state index is 11.1. The summed E-state index contributed by atoms with van der Waals surface area (Å²) in [4.78, 5) is 19.9. The summed E-state index contributed by atoms with van der Waals surface area (Å²) in [6, 6.07) is 8.51. The Kier molecular flexibility index (Phi) is 3.45. The number of benzene rings is 1. The first-order chi connectivity index (χ1) is 9.79. The van der Waals surface area contributed by atoms with E-state index in [0.29, 0.717) is 5.75 Å². The number of hydrogen-bond acceptors (Lipinski definition) is 7. The normalized spacial score (nSPS) is 18.7. The Morgan fingerprint density at radius 1 is 1.05 bits per heavy atom. The molecule has 0 spiro atoms. The van der Waals surface area contributed by atoms with Crippen LogP contribution < -0.4 is 16.2 Å². The van der Waals surface area contributed by atoms with E-state index in [-0.39, 0.29) is 5.76 Å². The number of nitro groups is 2. The fourth-order valence-corrected chi connectivity index (χ4v) is 1.93. The molecule has 2 rings (SSSR count). The van der Waals surface area contributed by atoms with Gasteiger partial charge >= 0.3 is 5.66 Å². The Labute approximate surface area is 118 Å². The number of allylic oxidation sites excluding steroid dienone is 1. The summed E-state index contributed by atoms with van der Waals surface area (Å²) in [5.74, 6) is 0.532. The molecule has 1 aliphatic rings. The van der Waals surface area contributed by atoms with Crippen molar-refractivity contribution in [2.45, 2.75) is 11.3 Å². The molecule has 0 amide bonds. The van der Waals surface area contributed by atoms with Crippen LogP contribution in [0.2, 0.25) is 0 Å². The van der Waals surface area contributed by atoms with E-state index < -0.39 is 21.2 Å². The average molecular weight is 292 g/mol. The van der Waals surface area contributed by atoms with E-state index in [1.165, 1.54) is 0 Å². The highest BCUT2D eigenvalue weighted by molar-refractivity contribution is 5.34. The fraction of sp³-hybridized carbons (Fsp3) is 0.167. The van der Waals surface area contributed by atoms with Crippen LogP contribution in [0.3, 0.4) is 0 Å². The summed E-state index contributed by atoms with van der Waals surface area (Å²) >= 11 is 0. The first-order valence-electron chi connectivity index (χ1n) is 5.81. The standard InChI is InChI=1S/C12H12N4O5/c13-11(14)8-10(21-9-4-2-1-3-5-9)6-7-12(11,15(17)18)16(19)20/h1-8H,13-14H2. The molecule has 9 heteroatoms. The van der Waals surface area contributed by atoms with Gasteiger partial charge in [0.15, 0.2) is 0 Å². The molecule has 0 bridgehead atoms. The van der Waals surface area contributed by atoms with Crippen molar-refractivity contribution in [3.63, 3.8) is 0 Å². The number of nitrogens with zero attached hydrogens (tertiary/aromatic N) is 2.